The van der Waals surface area contributed by atoms with Crippen LogP contribution in [0.1, 0.15) is 22.8 Å². The van der Waals surface area contributed by atoms with Gasteiger partial charge in [0.05, 0.1) is 5.71 Å². The summed E-state index contributed by atoms with van der Waals surface area (Å²) >= 11 is 0. The van der Waals surface area contributed by atoms with E-state index in [4.69, 9.17) is 9.47 Å². The highest BCUT2D eigenvalue weighted by atomic mass is 16.6. The van der Waals surface area contributed by atoms with Crippen LogP contribution in [0, 0.1) is 0 Å². The first-order valence-corrected chi connectivity index (χ1v) is 8.44. The lowest BCUT2D eigenvalue weighted by Gasteiger charge is -2.18. The summed E-state index contributed by atoms with van der Waals surface area (Å²) < 4.78 is 11.1. The average molecular weight is 346 g/mol. The first kappa shape index (κ1) is 16.1. The maximum Gasteiger partial charge on any atom is 0.271 e. The molecule has 1 N–H and O–H groups in total. The van der Waals surface area contributed by atoms with Crippen molar-refractivity contribution in [2.24, 2.45) is 5.10 Å². The third-order valence-corrected chi connectivity index (χ3v) is 4.30. The molecule has 0 aromatic heterocycles. The van der Waals surface area contributed by atoms with E-state index in [0.717, 1.165) is 22.1 Å². The van der Waals surface area contributed by atoms with Crippen LogP contribution in [0.2, 0.25) is 0 Å². The largest absolute Gasteiger partial charge is 0.486 e. The maximum atomic E-state index is 12.4. The van der Waals surface area contributed by atoms with E-state index in [1.807, 2.05) is 61.5 Å². The van der Waals surface area contributed by atoms with Crippen molar-refractivity contribution < 1.29 is 14.3 Å². The molecule has 0 unspecified atom stereocenters. The van der Waals surface area contributed by atoms with Gasteiger partial charge in [-0.2, -0.15) is 5.10 Å². The number of hydrogen-bond acceptors (Lipinski definition) is 4. The minimum atomic E-state index is -0.243. The number of amides is 1. The fourth-order valence-corrected chi connectivity index (χ4v) is 2.86. The quantitative estimate of drug-likeness (QED) is 0.580. The Morgan fingerprint density at radius 1 is 0.885 bits per heavy atom. The van der Waals surface area contributed by atoms with Gasteiger partial charge in [0.1, 0.15) is 13.2 Å². The van der Waals surface area contributed by atoms with E-state index in [2.05, 4.69) is 10.5 Å². The lowest BCUT2D eigenvalue weighted by atomic mass is 10.1. The second kappa shape index (κ2) is 6.88. The zero-order chi connectivity index (χ0) is 17.9. The van der Waals surface area contributed by atoms with Crippen molar-refractivity contribution in [3.63, 3.8) is 0 Å². The Bertz CT molecular complexity index is 1010. The summed E-state index contributed by atoms with van der Waals surface area (Å²) in [7, 11) is 0. The summed E-state index contributed by atoms with van der Waals surface area (Å²) in [5.41, 5.74) is 4.75. The molecule has 3 aromatic rings. The van der Waals surface area contributed by atoms with Crippen LogP contribution in [-0.2, 0) is 0 Å². The molecule has 0 radical (unpaired) electrons. The minimum absolute atomic E-state index is 0.243. The Morgan fingerprint density at radius 3 is 2.46 bits per heavy atom. The molecule has 0 aliphatic carbocycles. The molecule has 5 nitrogen and oxygen atoms in total. The Morgan fingerprint density at radius 2 is 1.62 bits per heavy atom. The van der Waals surface area contributed by atoms with Crippen molar-refractivity contribution >= 4 is 22.4 Å². The lowest BCUT2D eigenvalue weighted by molar-refractivity contribution is 0.0955. The fraction of sp³-hybridized carbons (Fsp3) is 0.143. The molecule has 0 saturated carbocycles. The number of rotatable bonds is 3. The Balaban J connectivity index is 1.51. The van der Waals surface area contributed by atoms with Gasteiger partial charge in [0.25, 0.3) is 5.91 Å². The van der Waals surface area contributed by atoms with Gasteiger partial charge in [0.2, 0.25) is 0 Å². The van der Waals surface area contributed by atoms with E-state index >= 15 is 0 Å². The summed E-state index contributed by atoms with van der Waals surface area (Å²) in [5, 5.41) is 6.34. The predicted octanol–water partition coefficient (Wildman–Crippen LogP) is 3.77. The lowest BCUT2D eigenvalue weighted by Crippen LogP contribution is -2.19. The molecule has 1 amide bonds. The minimum Gasteiger partial charge on any atom is -0.486 e. The molecule has 0 saturated heterocycles. The molecule has 0 spiro atoms. The number of nitrogens with one attached hydrogen (secondary N) is 1. The van der Waals surface area contributed by atoms with E-state index in [-0.39, 0.29) is 5.91 Å². The normalized spacial score (nSPS) is 13.5. The van der Waals surface area contributed by atoms with Gasteiger partial charge in [-0.1, -0.05) is 30.3 Å². The number of hydrogen-bond donors (Lipinski definition) is 1. The maximum absolute atomic E-state index is 12.4. The van der Waals surface area contributed by atoms with Crippen LogP contribution >= 0.6 is 0 Å². The smallest absolute Gasteiger partial charge is 0.271 e. The van der Waals surface area contributed by atoms with Crippen LogP contribution < -0.4 is 14.9 Å². The zero-order valence-electron chi connectivity index (χ0n) is 14.4. The molecule has 1 aliphatic heterocycles. The van der Waals surface area contributed by atoms with Gasteiger partial charge in [-0.05, 0) is 48.0 Å². The van der Waals surface area contributed by atoms with Crippen molar-refractivity contribution in [3.05, 3.63) is 71.8 Å². The van der Waals surface area contributed by atoms with E-state index in [0.29, 0.717) is 30.2 Å². The average Bonchev–Trinajstić information content (AvgIpc) is 2.71. The van der Waals surface area contributed by atoms with Crippen molar-refractivity contribution in [2.75, 3.05) is 13.2 Å². The van der Waals surface area contributed by atoms with Crippen molar-refractivity contribution in [3.8, 4) is 11.5 Å². The van der Waals surface area contributed by atoms with Gasteiger partial charge >= 0.3 is 0 Å². The monoisotopic (exact) mass is 346 g/mol. The molecule has 130 valence electrons. The predicted molar refractivity (Wildman–Crippen MR) is 101 cm³/mol. The van der Waals surface area contributed by atoms with E-state index < -0.39 is 0 Å². The summed E-state index contributed by atoms with van der Waals surface area (Å²) in [4.78, 5) is 12.4. The number of fused-ring (bicyclic) bond motifs is 2. The van der Waals surface area contributed by atoms with Crippen LogP contribution in [0.5, 0.6) is 11.5 Å². The molecular formula is C21H18N2O3. The molecule has 26 heavy (non-hydrogen) atoms. The molecule has 3 aromatic carbocycles. The first-order valence-electron chi connectivity index (χ1n) is 8.44. The summed E-state index contributed by atoms with van der Waals surface area (Å²) in [6.45, 7) is 2.93. The van der Waals surface area contributed by atoms with Crippen LogP contribution in [0.25, 0.3) is 10.8 Å². The number of ether oxygens (including phenoxy) is 2. The second-order valence-corrected chi connectivity index (χ2v) is 6.06. The van der Waals surface area contributed by atoms with Crippen molar-refractivity contribution in [1.82, 2.24) is 5.43 Å². The first-order chi connectivity index (χ1) is 12.7. The standard InChI is InChI=1S/C21H18N2O3/c1-14(16-8-9-19-20(13-16)26-11-10-25-19)22-23-21(24)18-7-6-15-4-2-3-5-17(15)12-18/h2-9,12-13H,10-11H2,1H3,(H,23,24)/b22-14-. The molecule has 5 heteroatoms. The second-order valence-electron chi connectivity index (χ2n) is 6.06. The molecule has 0 fully saturated rings. The van der Waals surface area contributed by atoms with Crippen LogP contribution in [0.3, 0.4) is 0 Å². The van der Waals surface area contributed by atoms with Gasteiger partial charge in [-0.3, -0.25) is 4.79 Å². The van der Waals surface area contributed by atoms with Crippen LogP contribution in [0.4, 0.5) is 0 Å². The van der Waals surface area contributed by atoms with Gasteiger partial charge < -0.3 is 9.47 Å². The third-order valence-electron chi connectivity index (χ3n) is 4.30. The van der Waals surface area contributed by atoms with E-state index in [1.54, 1.807) is 6.07 Å². The SMILES string of the molecule is C/C(=N/NC(=O)c1ccc2ccccc2c1)c1ccc2c(c1)OCCO2. The summed E-state index contributed by atoms with van der Waals surface area (Å²) in [6.07, 6.45) is 0. The summed E-state index contributed by atoms with van der Waals surface area (Å²) in [5.74, 6) is 1.19. The molecule has 0 bridgehead atoms. The topological polar surface area (TPSA) is 59.9 Å². The molecule has 0 atom stereocenters. The van der Waals surface area contributed by atoms with Gasteiger partial charge in [-0.25, -0.2) is 5.43 Å². The molecular weight excluding hydrogens is 328 g/mol. The molecule has 1 heterocycles. The Kier molecular flexibility index (Phi) is 4.27. The Labute approximate surface area is 151 Å². The van der Waals surface area contributed by atoms with Crippen LogP contribution in [0.15, 0.2) is 65.8 Å². The number of carbonyl (C=O) groups is 1. The number of hydrazone groups is 1. The zero-order valence-corrected chi connectivity index (χ0v) is 14.4. The van der Waals surface area contributed by atoms with Crippen molar-refractivity contribution in [1.29, 1.82) is 0 Å². The van der Waals surface area contributed by atoms with Gasteiger partial charge in [0, 0.05) is 11.1 Å². The highest BCUT2D eigenvalue weighted by molar-refractivity contribution is 6.02. The summed E-state index contributed by atoms with van der Waals surface area (Å²) in [6, 6.07) is 19.1. The highest BCUT2D eigenvalue weighted by Crippen LogP contribution is 2.30. The van der Waals surface area contributed by atoms with Gasteiger partial charge in [-0.15, -0.1) is 0 Å². The number of benzene rings is 3. The van der Waals surface area contributed by atoms with Crippen LogP contribution in [-0.4, -0.2) is 24.8 Å². The van der Waals surface area contributed by atoms with Crippen molar-refractivity contribution in [2.45, 2.75) is 6.92 Å². The van der Waals surface area contributed by atoms with E-state index in [1.165, 1.54) is 0 Å². The highest BCUT2D eigenvalue weighted by Gasteiger charge is 2.13. The molecule has 1 aliphatic rings. The fourth-order valence-electron chi connectivity index (χ4n) is 2.86. The number of nitrogens with zero attached hydrogens (tertiary/aromatic N) is 1. The third kappa shape index (κ3) is 3.24. The van der Waals surface area contributed by atoms with E-state index in [9.17, 15) is 4.79 Å². The van der Waals surface area contributed by atoms with Gasteiger partial charge in [0.15, 0.2) is 11.5 Å². The Hall–Kier alpha value is -3.34. The number of carbonyl (C=O) groups excluding carboxylic acids is 1. The molecule has 4 rings (SSSR count).